The third-order valence-electron chi connectivity index (χ3n) is 3.08. The van der Waals surface area contributed by atoms with Crippen LogP contribution < -0.4 is 10.1 Å². The number of rotatable bonds is 6. The minimum atomic E-state index is -0.462. The average molecular weight is 332 g/mol. The summed E-state index contributed by atoms with van der Waals surface area (Å²) in [7, 11) is 1.57. The number of alkyl carbamates (subject to hydrolysis) is 1. The molecule has 2 aromatic carbocycles. The first kappa shape index (κ1) is 16.9. The largest absolute Gasteiger partial charge is 0.495 e. The summed E-state index contributed by atoms with van der Waals surface area (Å²) in [5, 5.41) is 3.20. The molecule has 0 saturated carbocycles. The van der Waals surface area contributed by atoms with E-state index in [2.05, 4.69) is 5.32 Å². The minimum absolute atomic E-state index is 0.249. The molecular formula is C18H18ClNO3. The number of benzene rings is 2. The van der Waals surface area contributed by atoms with Crippen molar-refractivity contribution < 1.29 is 14.3 Å². The molecule has 2 rings (SSSR count). The van der Waals surface area contributed by atoms with Gasteiger partial charge in [-0.15, -0.1) is 0 Å². The molecule has 0 unspecified atom stereocenters. The molecule has 0 aromatic heterocycles. The van der Waals surface area contributed by atoms with Crippen molar-refractivity contribution in [3.63, 3.8) is 0 Å². The second-order valence-electron chi connectivity index (χ2n) is 4.71. The fourth-order valence-corrected chi connectivity index (χ4v) is 2.23. The van der Waals surface area contributed by atoms with E-state index in [0.717, 1.165) is 11.1 Å². The molecule has 2 aromatic rings. The van der Waals surface area contributed by atoms with Gasteiger partial charge in [0.25, 0.3) is 0 Å². The number of nitrogens with one attached hydrogen (secondary N) is 1. The number of carbonyl (C=O) groups excluding carboxylic acids is 1. The van der Waals surface area contributed by atoms with Crippen LogP contribution in [0.4, 0.5) is 4.79 Å². The molecule has 0 spiro atoms. The fraction of sp³-hybridized carbons (Fsp3) is 0.167. The zero-order valence-corrected chi connectivity index (χ0v) is 13.5. The van der Waals surface area contributed by atoms with Gasteiger partial charge in [-0.25, -0.2) is 4.79 Å². The Morgan fingerprint density at radius 3 is 2.70 bits per heavy atom. The van der Waals surface area contributed by atoms with Gasteiger partial charge in [-0.05, 0) is 11.6 Å². The third-order valence-corrected chi connectivity index (χ3v) is 3.37. The first-order valence-corrected chi connectivity index (χ1v) is 7.52. The van der Waals surface area contributed by atoms with Gasteiger partial charge in [0.05, 0.1) is 12.1 Å². The summed E-state index contributed by atoms with van der Waals surface area (Å²) in [4.78, 5) is 11.6. The first-order chi connectivity index (χ1) is 11.2. The predicted molar refractivity (Wildman–Crippen MR) is 91.7 cm³/mol. The van der Waals surface area contributed by atoms with E-state index in [-0.39, 0.29) is 6.61 Å². The van der Waals surface area contributed by atoms with Gasteiger partial charge in [-0.3, -0.25) is 0 Å². The van der Waals surface area contributed by atoms with Gasteiger partial charge in [-0.2, -0.15) is 0 Å². The highest BCUT2D eigenvalue weighted by atomic mass is 35.5. The normalized spacial score (nSPS) is 10.5. The quantitative estimate of drug-likeness (QED) is 0.859. The Bertz CT molecular complexity index is 671. The van der Waals surface area contributed by atoms with E-state index in [0.29, 0.717) is 17.3 Å². The molecule has 0 aliphatic rings. The topological polar surface area (TPSA) is 47.6 Å². The summed E-state index contributed by atoms with van der Waals surface area (Å²) >= 11 is 6.04. The number of amides is 1. The van der Waals surface area contributed by atoms with Crippen molar-refractivity contribution in [3.8, 4) is 5.75 Å². The van der Waals surface area contributed by atoms with Crippen LogP contribution in [-0.2, 0) is 11.3 Å². The summed E-state index contributed by atoms with van der Waals surface area (Å²) < 4.78 is 10.4. The van der Waals surface area contributed by atoms with Gasteiger partial charge in [0, 0.05) is 12.1 Å². The summed E-state index contributed by atoms with van der Waals surface area (Å²) in [5.74, 6) is 0.608. The second-order valence-corrected chi connectivity index (χ2v) is 5.11. The van der Waals surface area contributed by atoms with Crippen molar-refractivity contribution in [1.29, 1.82) is 0 Å². The molecule has 0 saturated heterocycles. The van der Waals surface area contributed by atoms with Gasteiger partial charge in [-0.1, -0.05) is 66.2 Å². The molecule has 23 heavy (non-hydrogen) atoms. The van der Waals surface area contributed by atoms with Crippen LogP contribution in [0.15, 0.2) is 54.6 Å². The van der Waals surface area contributed by atoms with Crippen molar-refractivity contribution >= 4 is 23.8 Å². The summed E-state index contributed by atoms with van der Waals surface area (Å²) in [5.41, 5.74) is 1.79. The van der Waals surface area contributed by atoms with Crippen molar-refractivity contribution in [2.24, 2.45) is 0 Å². The highest BCUT2D eigenvalue weighted by Crippen LogP contribution is 2.28. The van der Waals surface area contributed by atoms with Gasteiger partial charge >= 0.3 is 6.09 Å². The van der Waals surface area contributed by atoms with Crippen LogP contribution in [0.3, 0.4) is 0 Å². The highest BCUT2D eigenvalue weighted by molar-refractivity contribution is 6.32. The number of ether oxygens (including phenoxy) is 2. The van der Waals surface area contributed by atoms with Crippen molar-refractivity contribution in [2.45, 2.75) is 6.61 Å². The van der Waals surface area contributed by atoms with Crippen molar-refractivity contribution in [2.75, 3.05) is 13.7 Å². The standard InChI is InChI=1S/C18H18ClNO3/c1-22-17-15(9-5-11-16(17)19)10-6-12-20-18(21)23-13-14-7-3-2-4-8-14/h2-11H,12-13H2,1H3,(H,20,21). The predicted octanol–water partition coefficient (Wildman–Crippen LogP) is 4.29. The molecule has 5 heteroatoms. The van der Waals surface area contributed by atoms with E-state index < -0.39 is 6.09 Å². The number of para-hydroxylation sites is 1. The molecule has 1 amide bonds. The number of hydrogen-bond donors (Lipinski definition) is 1. The van der Waals surface area contributed by atoms with Crippen LogP contribution in [0.5, 0.6) is 5.75 Å². The number of halogens is 1. The summed E-state index contributed by atoms with van der Waals surface area (Å²) in [6.07, 6.45) is 3.18. The maximum atomic E-state index is 11.6. The van der Waals surface area contributed by atoms with Gasteiger partial charge in [0.15, 0.2) is 0 Å². The van der Waals surface area contributed by atoms with Crippen LogP contribution in [-0.4, -0.2) is 19.7 Å². The smallest absolute Gasteiger partial charge is 0.407 e. The maximum Gasteiger partial charge on any atom is 0.407 e. The second kappa shape index (κ2) is 8.86. The van der Waals surface area contributed by atoms with E-state index in [1.807, 2.05) is 48.5 Å². The Kier molecular flexibility index (Phi) is 6.51. The van der Waals surface area contributed by atoms with E-state index in [1.165, 1.54) is 0 Å². The van der Waals surface area contributed by atoms with E-state index in [1.54, 1.807) is 19.3 Å². The molecule has 0 heterocycles. The van der Waals surface area contributed by atoms with E-state index in [4.69, 9.17) is 21.1 Å². The lowest BCUT2D eigenvalue weighted by Crippen LogP contribution is -2.24. The Morgan fingerprint density at radius 1 is 1.17 bits per heavy atom. The first-order valence-electron chi connectivity index (χ1n) is 7.14. The molecule has 0 fully saturated rings. The molecule has 0 aliphatic carbocycles. The lowest BCUT2D eigenvalue weighted by Gasteiger charge is -2.07. The van der Waals surface area contributed by atoms with Crippen molar-refractivity contribution in [1.82, 2.24) is 5.32 Å². The zero-order chi connectivity index (χ0) is 16.5. The Labute approximate surface area is 140 Å². The molecule has 0 radical (unpaired) electrons. The fourth-order valence-electron chi connectivity index (χ4n) is 1.97. The Hall–Kier alpha value is -2.46. The molecular weight excluding hydrogens is 314 g/mol. The molecule has 0 atom stereocenters. The van der Waals surface area contributed by atoms with Crippen LogP contribution in [0.1, 0.15) is 11.1 Å². The average Bonchev–Trinajstić information content (AvgIpc) is 2.58. The van der Waals surface area contributed by atoms with E-state index in [9.17, 15) is 4.79 Å². The minimum Gasteiger partial charge on any atom is -0.495 e. The number of methoxy groups -OCH3 is 1. The SMILES string of the molecule is COc1c(Cl)cccc1C=CCNC(=O)OCc1ccccc1. The van der Waals surface area contributed by atoms with Crippen LogP contribution >= 0.6 is 11.6 Å². The Morgan fingerprint density at radius 2 is 1.96 bits per heavy atom. The van der Waals surface area contributed by atoms with Crippen LogP contribution in [0, 0.1) is 0 Å². The lowest BCUT2D eigenvalue weighted by molar-refractivity contribution is 0.141. The van der Waals surface area contributed by atoms with Gasteiger partial charge < -0.3 is 14.8 Å². The van der Waals surface area contributed by atoms with Gasteiger partial charge in [0.1, 0.15) is 12.4 Å². The van der Waals surface area contributed by atoms with E-state index >= 15 is 0 Å². The molecule has 0 aliphatic heterocycles. The van der Waals surface area contributed by atoms with Crippen LogP contribution in [0.2, 0.25) is 5.02 Å². The maximum absolute atomic E-state index is 11.6. The monoisotopic (exact) mass is 331 g/mol. The van der Waals surface area contributed by atoms with Gasteiger partial charge in [0.2, 0.25) is 0 Å². The molecule has 4 nitrogen and oxygen atoms in total. The van der Waals surface area contributed by atoms with Crippen molar-refractivity contribution in [3.05, 3.63) is 70.8 Å². The molecule has 0 bridgehead atoms. The number of carbonyl (C=O) groups is 1. The molecule has 120 valence electrons. The number of hydrogen-bond acceptors (Lipinski definition) is 3. The third kappa shape index (κ3) is 5.34. The van der Waals surface area contributed by atoms with Crippen LogP contribution in [0.25, 0.3) is 6.08 Å². The Balaban J connectivity index is 1.78. The summed E-state index contributed by atoms with van der Waals surface area (Å²) in [6.45, 7) is 0.599. The molecule has 1 N–H and O–H groups in total. The zero-order valence-electron chi connectivity index (χ0n) is 12.8. The highest BCUT2D eigenvalue weighted by Gasteiger charge is 2.04. The lowest BCUT2D eigenvalue weighted by atomic mass is 10.2. The summed E-state index contributed by atoms with van der Waals surface area (Å²) in [6, 6.07) is 15.0.